The van der Waals surface area contributed by atoms with Crippen molar-refractivity contribution in [3.63, 3.8) is 0 Å². The van der Waals surface area contributed by atoms with Gasteiger partial charge in [-0.1, -0.05) is 19.9 Å². The van der Waals surface area contributed by atoms with E-state index in [0.717, 1.165) is 28.5 Å². The summed E-state index contributed by atoms with van der Waals surface area (Å²) in [5, 5.41) is 3.50. The molecule has 0 bridgehead atoms. The molecule has 1 saturated heterocycles. The van der Waals surface area contributed by atoms with Gasteiger partial charge in [0.15, 0.2) is 0 Å². The number of hydrogen-bond acceptors (Lipinski definition) is 5. The van der Waals surface area contributed by atoms with Crippen molar-refractivity contribution < 1.29 is 18.4 Å². The lowest BCUT2D eigenvalue weighted by Gasteiger charge is -2.41. The number of fused-ring (bicyclic) bond motifs is 1. The summed E-state index contributed by atoms with van der Waals surface area (Å²) < 4.78 is 27.7. The molecule has 1 N–H and O–H groups in total. The van der Waals surface area contributed by atoms with Gasteiger partial charge >= 0.3 is 0 Å². The number of aromatic nitrogens is 1. The highest BCUT2D eigenvalue weighted by atomic mass is 19.1. The van der Waals surface area contributed by atoms with Crippen molar-refractivity contribution in [1.29, 1.82) is 0 Å². The zero-order chi connectivity index (χ0) is 28.1. The molecule has 1 aromatic heterocycles. The minimum atomic E-state index is -0.618. The molecule has 0 radical (unpaired) electrons. The third-order valence-electron chi connectivity index (χ3n) is 8.37. The molecule has 5 rings (SSSR count). The van der Waals surface area contributed by atoms with E-state index in [-0.39, 0.29) is 42.3 Å². The van der Waals surface area contributed by atoms with Crippen LogP contribution in [-0.4, -0.2) is 78.0 Å². The van der Waals surface area contributed by atoms with Crippen molar-refractivity contribution in [2.45, 2.75) is 58.5 Å². The van der Waals surface area contributed by atoms with Gasteiger partial charge in [0.2, 0.25) is 11.8 Å². The Morgan fingerprint density at radius 2 is 1.97 bits per heavy atom. The highest BCUT2D eigenvalue weighted by Crippen LogP contribution is 2.40. The Morgan fingerprint density at radius 3 is 2.67 bits per heavy atom. The van der Waals surface area contributed by atoms with Crippen molar-refractivity contribution >= 4 is 17.5 Å². The summed E-state index contributed by atoms with van der Waals surface area (Å²) in [5.74, 6) is -1.16. The Kier molecular flexibility index (Phi) is 7.33. The van der Waals surface area contributed by atoms with Crippen LogP contribution in [0.2, 0.25) is 0 Å². The van der Waals surface area contributed by atoms with Crippen LogP contribution in [-0.2, 0) is 21.4 Å². The minimum Gasteiger partial charge on any atom is -0.333 e. The molecule has 4 heterocycles. The standard InChI is InChI=1S/C30H37F2N5O2/c1-18-13-36(29(39)20(18)3)15-24-11-33-19(2)14-35(24)16-28(38)37-17-30(4,5)25-12-34-23(10-27(25)37)8-21-6-7-22(31)9-26(21)32/h6-7,9-10,12,19,24,33H,8,11,13-17H2,1-5H3. The van der Waals surface area contributed by atoms with Crippen LogP contribution >= 0.6 is 0 Å². The number of carbonyl (C=O) groups is 2. The van der Waals surface area contributed by atoms with E-state index in [1.54, 1.807) is 6.20 Å². The first-order valence-electron chi connectivity index (χ1n) is 13.6. The molecule has 3 aliphatic heterocycles. The molecule has 2 atom stereocenters. The predicted molar refractivity (Wildman–Crippen MR) is 147 cm³/mol. The summed E-state index contributed by atoms with van der Waals surface area (Å²) in [6.45, 7) is 13.5. The molecular weight excluding hydrogens is 500 g/mol. The van der Waals surface area contributed by atoms with Gasteiger partial charge in [-0.25, -0.2) is 8.78 Å². The fourth-order valence-electron chi connectivity index (χ4n) is 5.94. The summed E-state index contributed by atoms with van der Waals surface area (Å²) in [6, 6.07) is 5.67. The van der Waals surface area contributed by atoms with Gasteiger partial charge in [-0.15, -0.1) is 0 Å². The monoisotopic (exact) mass is 537 g/mol. The van der Waals surface area contributed by atoms with Crippen molar-refractivity contribution in [2.75, 3.05) is 44.2 Å². The third kappa shape index (κ3) is 5.47. The number of carbonyl (C=O) groups excluding carboxylic acids is 2. The molecule has 0 saturated carbocycles. The van der Waals surface area contributed by atoms with Crippen molar-refractivity contribution in [2.24, 2.45) is 0 Å². The molecule has 1 fully saturated rings. The first-order valence-corrected chi connectivity index (χ1v) is 13.6. The molecule has 2 aromatic rings. The highest BCUT2D eigenvalue weighted by molar-refractivity contribution is 5.98. The lowest BCUT2D eigenvalue weighted by molar-refractivity contribution is -0.126. The maximum atomic E-state index is 14.3. The smallest absolute Gasteiger partial charge is 0.249 e. The van der Waals surface area contributed by atoms with Gasteiger partial charge in [-0.2, -0.15) is 0 Å². The quantitative estimate of drug-likeness (QED) is 0.612. The second kappa shape index (κ2) is 10.4. The number of amides is 2. The van der Waals surface area contributed by atoms with Crippen LogP contribution in [0.3, 0.4) is 0 Å². The number of nitrogens with one attached hydrogen (secondary N) is 1. The molecule has 0 aliphatic carbocycles. The molecule has 9 heteroatoms. The number of anilines is 1. The molecule has 1 aromatic carbocycles. The molecule has 39 heavy (non-hydrogen) atoms. The summed E-state index contributed by atoms with van der Waals surface area (Å²) in [5.41, 5.74) is 4.38. The van der Waals surface area contributed by atoms with Crippen LogP contribution in [0.5, 0.6) is 0 Å². The van der Waals surface area contributed by atoms with Gasteiger partial charge in [0.05, 0.1) is 12.2 Å². The molecular formula is C30H37F2N5O2. The molecule has 3 aliphatic rings. The predicted octanol–water partition coefficient (Wildman–Crippen LogP) is 3.42. The lowest BCUT2D eigenvalue weighted by atomic mass is 9.88. The second-order valence-corrected chi connectivity index (χ2v) is 12.0. The Labute approximate surface area is 228 Å². The third-order valence-corrected chi connectivity index (χ3v) is 8.37. The van der Waals surface area contributed by atoms with Crippen LogP contribution in [0.15, 0.2) is 41.6 Å². The Morgan fingerprint density at radius 1 is 1.21 bits per heavy atom. The highest BCUT2D eigenvalue weighted by Gasteiger charge is 2.40. The lowest BCUT2D eigenvalue weighted by Crippen LogP contribution is -2.61. The van der Waals surface area contributed by atoms with Crippen LogP contribution in [0, 0.1) is 11.6 Å². The molecule has 2 amide bonds. The van der Waals surface area contributed by atoms with E-state index in [0.29, 0.717) is 44.0 Å². The number of piperazine rings is 1. The fourth-order valence-corrected chi connectivity index (χ4v) is 5.94. The summed E-state index contributed by atoms with van der Waals surface area (Å²) in [7, 11) is 0. The number of pyridine rings is 1. The maximum absolute atomic E-state index is 14.3. The van der Waals surface area contributed by atoms with E-state index in [2.05, 4.69) is 36.0 Å². The fraction of sp³-hybridized carbons (Fsp3) is 0.500. The van der Waals surface area contributed by atoms with Gasteiger partial charge in [0, 0.05) is 85.7 Å². The number of benzene rings is 1. The van der Waals surface area contributed by atoms with Gasteiger partial charge in [0.1, 0.15) is 11.6 Å². The Hall–Kier alpha value is -3.17. The number of rotatable bonds is 6. The van der Waals surface area contributed by atoms with Crippen molar-refractivity contribution in [3.05, 3.63) is 70.1 Å². The number of hydrogen-bond donors (Lipinski definition) is 1. The zero-order valence-corrected chi connectivity index (χ0v) is 23.4. The van der Waals surface area contributed by atoms with Gasteiger partial charge < -0.3 is 15.1 Å². The number of nitrogens with zero attached hydrogens (tertiary/aromatic N) is 4. The molecule has 208 valence electrons. The first-order chi connectivity index (χ1) is 18.4. The topological polar surface area (TPSA) is 68.8 Å². The molecule has 0 spiro atoms. The van der Waals surface area contributed by atoms with Crippen LogP contribution in [0.25, 0.3) is 0 Å². The second-order valence-electron chi connectivity index (χ2n) is 12.0. The molecule has 2 unspecified atom stereocenters. The van der Waals surface area contributed by atoms with Crippen molar-refractivity contribution in [3.8, 4) is 0 Å². The van der Waals surface area contributed by atoms with E-state index >= 15 is 0 Å². The van der Waals surface area contributed by atoms with Gasteiger partial charge in [-0.05, 0) is 44.0 Å². The van der Waals surface area contributed by atoms with E-state index in [1.807, 2.05) is 29.7 Å². The Balaban J connectivity index is 1.34. The van der Waals surface area contributed by atoms with Crippen molar-refractivity contribution in [1.82, 2.24) is 20.1 Å². The Bertz CT molecular complexity index is 1340. The first kappa shape index (κ1) is 27.4. The van der Waals surface area contributed by atoms with Crippen LogP contribution in [0.1, 0.15) is 51.4 Å². The summed E-state index contributed by atoms with van der Waals surface area (Å²) >= 11 is 0. The average Bonchev–Trinajstić information content (AvgIpc) is 3.28. The normalized spacial score (nSPS) is 23.1. The zero-order valence-electron chi connectivity index (χ0n) is 23.4. The number of halogens is 2. The van der Waals surface area contributed by atoms with Crippen LogP contribution in [0.4, 0.5) is 14.5 Å². The average molecular weight is 538 g/mol. The van der Waals surface area contributed by atoms with Gasteiger partial charge in [0.25, 0.3) is 0 Å². The summed E-state index contributed by atoms with van der Waals surface area (Å²) in [4.78, 5) is 37.0. The van der Waals surface area contributed by atoms with E-state index in [4.69, 9.17) is 0 Å². The van der Waals surface area contributed by atoms with E-state index in [1.165, 1.54) is 12.1 Å². The maximum Gasteiger partial charge on any atom is 0.249 e. The van der Waals surface area contributed by atoms with E-state index in [9.17, 15) is 18.4 Å². The SMILES string of the molecule is CC1=C(C)C(=O)N(CC2CNC(C)CN2CC(=O)N2CC(C)(C)c3cnc(Cc4ccc(F)cc4F)cc32)C1. The largest absolute Gasteiger partial charge is 0.333 e. The minimum absolute atomic E-state index is 0.00993. The van der Waals surface area contributed by atoms with E-state index < -0.39 is 11.6 Å². The summed E-state index contributed by atoms with van der Waals surface area (Å²) in [6.07, 6.45) is 1.99. The van der Waals surface area contributed by atoms with Crippen LogP contribution < -0.4 is 10.2 Å². The van der Waals surface area contributed by atoms with Gasteiger partial charge in [-0.3, -0.25) is 19.5 Å². The molecule has 7 nitrogen and oxygen atoms in total.